The first-order valence-corrected chi connectivity index (χ1v) is 17.6. The molecule has 0 fully saturated rings. The Labute approximate surface area is 339 Å². The minimum atomic E-state index is -4.58. The van der Waals surface area contributed by atoms with Crippen LogP contribution in [0.15, 0.2) is 122 Å². The number of pyridine rings is 2. The highest BCUT2D eigenvalue weighted by Crippen LogP contribution is 2.38. The summed E-state index contributed by atoms with van der Waals surface area (Å²) < 4.78 is 86.4. The second kappa shape index (κ2) is 17.8. The number of nitrogens with two attached hydrogens (primary N) is 1. The number of imidazole rings is 2. The molecule has 6 heterocycles. The summed E-state index contributed by atoms with van der Waals surface area (Å²) in [6.07, 6.45) is -6.01. The fourth-order valence-corrected chi connectivity index (χ4v) is 5.60. The summed E-state index contributed by atoms with van der Waals surface area (Å²) in [6, 6.07) is 25.6. The van der Waals surface area contributed by atoms with Crippen LogP contribution in [0, 0.1) is 0 Å². The number of nitrogens with zero attached hydrogens (tertiary/aromatic N) is 8. The number of anilines is 2. The van der Waals surface area contributed by atoms with E-state index in [1.165, 1.54) is 72.9 Å². The number of carbonyl (C=O) groups is 2. The molecule has 6 aromatic heterocycles. The lowest BCUT2D eigenvalue weighted by atomic mass is 10.0. The quantitative estimate of drug-likeness (QED) is 0.0937. The number of hydrogen-bond donors (Lipinski definition) is 4. The van der Waals surface area contributed by atoms with Crippen molar-refractivity contribution < 1.29 is 50.9 Å². The SMILES string of the molecule is CCOC(=O)c1c(O)nc2ccc(-c3ccccc3C(F)(F)F)nn12.Nc1ccccn1.O=C(Nc1ccccn1)c1c(O)nc2ccc(-c3ccccc3C(F)(F)F)nn12. The molecule has 15 nitrogen and oxygen atoms in total. The van der Waals surface area contributed by atoms with Crippen molar-refractivity contribution in [1.82, 2.24) is 39.2 Å². The maximum atomic E-state index is 13.3. The van der Waals surface area contributed by atoms with Gasteiger partial charge in [0.05, 0.1) is 29.1 Å². The average molecular weight is 845 g/mol. The van der Waals surface area contributed by atoms with E-state index in [4.69, 9.17) is 10.5 Å². The predicted molar refractivity (Wildman–Crippen MR) is 207 cm³/mol. The van der Waals surface area contributed by atoms with Crippen molar-refractivity contribution in [2.75, 3.05) is 17.7 Å². The van der Waals surface area contributed by atoms with Crippen molar-refractivity contribution in [1.29, 1.82) is 0 Å². The largest absolute Gasteiger partial charge is 0.492 e. The molecule has 0 saturated carbocycles. The van der Waals surface area contributed by atoms with E-state index in [1.807, 2.05) is 12.1 Å². The summed E-state index contributed by atoms with van der Waals surface area (Å²) in [5, 5.41) is 30.6. The molecule has 0 aliphatic rings. The fourth-order valence-electron chi connectivity index (χ4n) is 5.60. The Morgan fingerprint density at radius 3 is 1.57 bits per heavy atom. The van der Waals surface area contributed by atoms with Crippen molar-refractivity contribution >= 4 is 34.8 Å². The molecule has 0 atom stereocenters. The molecule has 0 aliphatic carbocycles. The third-order valence-electron chi connectivity index (χ3n) is 8.21. The molecule has 21 heteroatoms. The second-order valence-electron chi connectivity index (χ2n) is 12.3. The molecule has 312 valence electrons. The molecular weight excluding hydrogens is 814 g/mol. The number of ether oxygens (including phenoxy) is 1. The van der Waals surface area contributed by atoms with Crippen molar-refractivity contribution in [3.63, 3.8) is 0 Å². The van der Waals surface area contributed by atoms with Gasteiger partial charge in [-0.15, -0.1) is 0 Å². The molecule has 2 aromatic carbocycles. The first-order valence-electron chi connectivity index (χ1n) is 17.6. The van der Waals surface area contributed by atoms with Crippen molar-refractivity contribution in [3.05, 3.63) is 144 Å². The Morgan fingerprint density at radius 1 is 0.656 bits per heavy atom. The van der Waals surface area contributed by atoms with Gasteiger partial charge >= 0.3 is 18.3 Å². The number of aromatic hydroxyl groups is 2. The highest BCUT2D eigenvalue weighted by molar-refractivity contribution is 6.04. The van der Waals surface area contributed by atoms with Gasteiger partial charge in [0.15, 0.2) is 17.0 Å². The molecule has 8 aromatic rings. The van der Waals surface area contributed by atoms with E-state index in [1.54, 1.807) is 31.3 Å². The lowest BCUT2D eigenvalue weighted by Crippen LogP contribution is -2.16. The summed E-state index contributed by atoms with van der Waals surface area (Å²) in [7, 11) is 0. The average Bonchev–Trinajstić information content (AvgIpc) is 3.75. The van der Waals surface area contributed by atoms with Crippen LogP contribution in [0.25, 0.3) is 33.8 Å². The van der Waals surface area contributed by atoms with Gasteiger partial charge in [0.1, 0.15) is 11.6 Å². The normalized spacial score (nSPS) is 11.3. The summed E-state index contributed by atoms with van der Waals surface area (Å²) >= 11 is 0. The van der Waals surface area contributed by atoms with Crippen LogP contribution in [0.3, 0.4) is 0 Å². The summed E-state index contributed by atoms with van der Waals surface area (Å²) in [5.74, 6) is -2.05. The van der Waals surface area contributed by atoms with E-state index in [2.05, 4.69) is 35.5 Å². The van der Waals surface area contributed by atoms with Crippen LogP contribution < -0.4 is 11.1 Å². The van der Waals surface area contributed by atoms with Crippen LogP contribution in [0.5, 0.6) is 11.8 Å². The molecule has 5 N–H and O–H groups in total. The number of nitrogen functional groups attached to an aromatic ring is 1. The Kier molecular flexibility index (Phi) is 12.4. The maximum absolute atomic E-state index is 13.3. The van der Waals surface area contributed by atoms with Gasteiger partial charge in [-0.1, -0.05) is 48.5 Å². The highest BCUT2D eigenvalue weighted by Gasteiger charge is 2.35. The number of rotatable bonds is 6. The molecule has 8 rings (SSSR count). The number of halogens is 6. The Morgan fingerprint density at radius 2 is 1.13 bits per heavy atom. The van der Waals surface area contributed by atoms with Gasteiger partial charge in [-0.25, -0.2) is 23.8 Å². The smallest absolute Gasteiger partial charge is 0.417 e. The number of esters is 1. The monoisotopic (exact) mass is 844 g/mol. The topological polar surface area (TPSA) is 208 Å². The van der Waals surface area contributed by atoms with E-state index in [9.17, 15) is 46.1 Å². The zero-order valence-electron chi connectivity index (χ0n) is 31.3. The molecular formula is C40H30F6N10O5. The Bertz CT molecular complexity index is 2820. The predicted octanol–water partition coefficient (Wildman–Crippen LogP) is 7.73. The number of hydrogen-bond acceptors (Lipinski definition) is 12. The number of nitrogens with one attached hydrogen (secondary N) is 1. The van der Waals surface area contributed by atoms with E-state index in [-0.39, 0.29) is 57.6 Å². The van der Waals surface area contributed by atoms with Gasteiger partial charge in [0.25, 0.3) is 5.91 Å². The van der Waals surface area contributed by atoms with Gasteiger partial charge in [-0.05, 0) is 67.6 Å². The van der Waals surface area contributed by atoms with Crippen LogP contribution in [0.2, 0.25) is 0 Å². The van der Waals surface area contributed by atoms with Crippen LogP contribution in [-0.2, 0) is 17.1 Å². The van der Waals surface area contributed by atoms with Crippen LogP contribution >= 0.6 is 0 Å². The summed E-state index contributed by atoms with van der Waals surface area (Å²) in [6.45, 7) is 1.64. The highest BCUT2D eigenvalue weighted by atomic mass is 19.4. The lowest BCUT2D eigenvalue weighted by Gasteiger charge is -2.12. The first kappa shape index (κ1) is 42.5. The lowest BCUT2D eigenvalue weighted by molar-refractivity contribution is -0.137. The van der Waals surface area contributed by atoms with Crippen LogP contribution in [-0.4, -0.2) is 67.9 Å². The standard InChI is InChI=1S/C19H12F3N5O2.C16H12F3N3O3.C5H6N2/c20-19(21,22)12-6-2-1-5-11(12)13-8-9-15-25-18(29)16(27(15)26-13)17(28)24-14-7-3-4-10-23-14;1-2-25-15(24)13-14(23)20-12-8-7-11(21-22(12)13)9-5-3-4-6-10(9)16(17,18)19;6-5-3-1-2-4-7-5/h1-10,29H,(H,23,24,28);3-8,23H,2H2,1H3;1-4H,(H2,6,7). The van der Waals surface area contributed by atoms with Crippen molar-refractivity contribution in [2.24, 2.45) is 0 Å². The number of aromatic nitrogens is 8. The molecule has 61 heavy (non-hydrogen) atoms. The molecule has 0 spiro atoms. The number of carbonyl (C=O) groups excluding carboxylic acids is 2. The molecule has 0 saturated heterocycles. The number of fused-ring (bicyclic) bond motifs is 2. The van der Waals surface area contributed by atoms with Gasteiger partial charge in [-0.3, -0.25) is 4.79 Å². The van der Waals surface area contributed by atoms with E-state index in [0.29, 0.717) is 5.82 Å². The first-order chi connectivity index (χ1) is 29.1. The van der Waals surface area contributed by atoms with E-state index >= 15 is 0 Å². The van der Waals surface area contributed by atoms with E-state index in [0.717, 1.165) is 21.2 Å². The van der Waals surface area contributed by atoms with Crippen LogP contribution in [0.1, 0.15) is 39.0 Å². The molecule has 0 radical (unpaired) electrons. The fraction of sp³-hybridized carbons (Fsp3) is 0.100. The molecule has 0 aliphatic heterocycles. The minimum absolute atomic E-state index is 0.0247. The second-order valence-corrected chi connectivity index (χ2v) is 12.3. The minimum Gasteiger partial charge on any atom is -0.492 e. The van der Waals surface area contributed by atoms with Crippen molar-refractivity contribution in [3.8, 4) is 34.3 Å². The number of alkyl halides is 6. The summed E-state index contributed by atoms with van der Waals surface area (Å²) in [4.78, 5) is 39.8. The molecule has 1 amide bonds. The molecule has 0 bridgehead atoms. The van der Waals surface area contributed by atoms with Gasteiger partial charge < -0.3 is 26.0 Å². The third-order valence-corrected chi connectivity index (χ3v) is 8.21. The van der Waals surface area contributed by atoms with Crippen molar-refractivity contribution in [2.45, 2.75) is 19.3 Å². The third kappa shape index (κ3) is 9.79. The zero-order valence-corrected chi connectivity index (χ0v) is 31.3. The van der Waals surface area contributed by atoms with Gasteiger partial charge in [0, 0.05) is 23.5 Å². The number of benzene rings is 2. The Balaban J connectivity index is 0.000000177. The Hall–Kier alpha value is -8.10. The van der Waals surface area contributed by atoms with Gasteiger partial charge in [0.2, 0.25) is 17.5 Å². The molecule has 0 unspecified atom stereocenters. The van der Waals surface area contributed by atoms with Gasteiger partial charge in [-0.2, -0.15) is 46.5 Å². The number of amides is 1. The maximum Gasteiger partial charge on any atom is 0.417 e. The van der Waals surface area contributed by atoms with E-state index < -0.39 is 47.1 Å². The summed E-state index contributed by atoms with van der Waals surface area (Å²) in [5.41, 5.74) is 2.69. The van der Waals surface area contributed by atoms with Crippen LogP contribution in [0.4, 0.5) is 38.0 Å². The zero-order chi connectivity index (χ0) is 43.9.